The number of aliphatic carboxylic acids is 1. The highest BCUT2D eigenvalue weighted by Crippen LogP contribution is 2.13. The predicted molar refractivity (Wildman–Crippen MR) is 55.3 cm³/mol. The van der Waals surface area contributed by atoms with Crippen LogP contribution in [0.15, 0.2) is 12.7 Å². The van der Waals surface area contributed by atoms with E-state index in [4.69, 9.17) is 5.11 Å². The minimum absolute atomic E-state index is 0.116. The largest absolute Gasteiger partial charge is 0.480 e. The number of likely N-dealkylation sites (N-methyl/N-ethyl adjacent to an activating group) is 1. The summed E-state index contributed by atoms with van der Waals surface area (Å²) in [5.74, 6) is -0.763. The van der Waals surface area contributed by atoms with E-state index >= 15 is 0 Å². The van der Waals surface area contributed by atoms with Crippen molar-refractivity contribution in [2.45, 2.75) is 12.5 Å². The van der Waals surface area contributed by atoms with Crippen LogP contribution in [0.4, 0.5) is 0 Å². The number of carboxylic acid groups (broad SMARTS) is 1. The Kier molecular flexibility index (Phi) is 4.10. The Labute approximate surface area is 84.8 Å². The van der Waals surface area contributed by atoms with Gasteiger partial charge in [0.05, 0.1) is 6.54 Å². The molecule has 1 saturated heterocycles. The molecule has 0 aromatic heterocycles. The summed E-state index contributed by atoms with van der Waals surface area (Å²) in [6.45, 7) is 6.44. The van der Waals surface area contributed by atoms with E-state index in [-0.39, 0.29) is 6.54 Å². The molecule has 0 saturated carbocycles. The lowest BCUT2D eigenvalue weighted by atomic mass is 10.2. The fourth-order valence-corrected chi connectivity index (χ4v) is 1.89. The molecule has 14 heavy (non-hydrogen) atoms. The molecule has 4 heteroatoms. The highest BCUT2D eigenvalue weighted by molar-refractivity contribution is 5.69. The monoisotopic (exact) mass is 198 g/mol. The minimum Gasteiger partial charge on any atom is -0.480 e. The van der Waals surface area contributed by atoms with Crippen LogP contribution in [-0.2, 0) is 4.79 Å². The molecule has 1 heterocycles. The van der Waals surface area contributed by atoms with Crippen LogP contribution in [0.2, 0.25) is 0 Å². The van der Waals surface area contributed by atoms with Crippen LogP contribution < -0.4 is 0 Å². The second kappa shape index (κ2) is 5.12. The van der Waals surface area contributed by atoms with E-state index in [0.29, 0.717) is 12.6 Å². The van der Waals surface area contributed by atoms with Gasteiger partial charge in [0.2, 0.25) is 0 Å². The summed E-state index contributed by atoms with van der Waals surface area (Å²) < 4.78 is 0. The van der Waals surface area contributed by atoms with Crippen LogP contribution >= 0.6 is 0 Å². The average molecular weight is 198 g/mol. The molecule has 0 spiro atoms. The molecular formula is C10H18N2O2. The van der Waals surface area contributed by atoms with Crippen molar-refractivity contribution in [1.29, 1.82) is 0 Å². The summed E-state index contributed by atoms with van der Waals surface area (Å²) >= 11 is 0. The number of carbonyl (C=O) groups is 1. The lowest BCUT2D eigenvalue weighted by Crippen LogP contribution is -2.40. The summed E-state index contributed by atoms with van der Waals surface area (Å²) in [6.07, 6.45) is 2.82. The zero-order valence-electron chi connectivity index (χ0n) is 8.65. The van der Waals surface area contributed by atoms with Gasteiger partial charge in [-0.1, -0.05) is 6.08 Å². The first kappa shape index (κ1) is 11.2. The molecule has 0 amide bonds. The summed E-state index contributed by atoms with van der Waals surface area (Å²) in [4.78, 5) is 14.8. The Balaban J connectivity index is 2.48. The van der Waals surface area contributed by atoms with Crippen molar-refractivity contribution in [3.05, 3.63) is 12.7 Å². The van der Waals surface area contributed by atoms with Gasteiger partial charge in [-0.3, -0.25) is 9.69 Å². The van der Waals surface area contributed by atoms with Gasteiger partial charge in [-0.15, -0.1) is 6.58 Å². The Morgan fingerprint density at radius 3 is 2.93 bits per heavy atom. The molecule has 1 atom stereocenters. The van der Waals surface area contributed by atoms with E-state index in [2.05, 4.69) is 18.5 Å². The number of carboxylic acids is 1. The Hall–Kier alpha value is -0.870. The van der Waals surface area contributed by atoms with Gasteiger partial charge in [0.15, 0.2) is 0 Å². The van der Waals surface area contributed by atoms with Crippen molar-refractivity contribution in [2.75, 3.05) is 33.2 Å². The van der Waals surface area contributed by atoms with Crippen LogP contribution in [0.5, 0.6) is 0 Å². The van der Waals surface area contributed by atoms with Gasteiger partial charge < -0.3 is 10.0 Å². The molecule has 0 aromatic carbocycles. The topological polar surface area (TPSA) is 43.8 Å². The van der Waals surface area contributed by atoms with Gasteiger partial charge in [-0.25, -0.2) is 0 Å². The Morgan fingerprint density at radius 1 is 1.79 bits per heavy atom. The second-order valence-electron chi connectivity index (χ2n) is 3.82. The lowest BCUT2D eigenvalue weighted by molar-refractivity contribution is -0.138. The maximum atomic E-state index is 10.6. The molecule has 4 nitrogen and oxygen atoms in total. The normalized spacial score (nSPS) is 22.9. The van der Waals surface area contributed by atoms with Crippen LogP contribution in [0.1, 0.15) is 6.42 Å². The summed E-state index contributed by atoms with van der Waals surface area (Å²) in [5.41, 5.74) is 0. The molecule has 0 bridgehead atoms. The van der Waals surface area contributed by atoms with Gasteiger partial charge >= 0.3 is 5.97 Å². The minimum atomic E-state index is -0.763. The molecule has 0 aromatic rings. The molecule has 1 unspecified atom stereocenters. The van der Waals surface area contributed by atoms with Crippen LogP contribution in [0, 0.1) is 0 Å². The Morgan fingerprint density at radius 2 is 2.50 bits per heavy atom. The van der Waals surface area contributed by atoms with Gasteiger partial charge in [-0.05, 0) is 20.0 Å². The van der Waals surface area contributed by atoms with Gasteiger partial charge in [-0.2, -0.15) is 0 Å². The smallest absolute Gasteiger partial charge is 0.317 e. The maximum absolute atomic E-state index is 10.6. The fraction of sp³-hybridized carbons (Fsp3) is 0.700. The standard InChI is InChI=1S/C10H18N2O2/c1-3-5-12(8-10(13)14)9-4-6-11(2)7-9/h3,9H,1,4-8H2,2H3,(H,13,14). The SMILES string of the molecule is C=CCN(CC(=O)O)C1CCN(C)C1. The van der Waals surface area contributed by atoms with Gasteiger partial charge in [0.25, 0.3) is 0 Å². The number of likely N-dealkylation sites (tertiary alicyclic amines) is 1. The third kappa shape index (κ3) is 3.12. The third-order valence-electron chi connectivity index (χ3n) is 2.58. The molecule has 0 radical (unpaired) electrons. The number of rotatable bonds is 5. The zero-order valence-corrected chi connectivity index (χ0v) is 8.65. The predicted octanol–water partition coefficient (Wildman–Crippen LogP) is 0.263. The molecular weight excluding hydrogens is 180 g/mol. The van der Waals surface area contributed by atoms with E-state index in [0.717, 1.165) is 19.5 Å². The third-order valence-corrected chi connectivity index (χ3v) is 2.58. The molecule has 1 rings (SSSR count). The van der Waals surface area contributed by atoms with Gasteiger partial charge in [0, 0.05) is 19.1 Å². The summed E-state index contributed by atoms with van der Waals surface area (Å²) in [6, 6.07) is 0.370. The van der Waals surface area contributed by atoms with E-state index in [1.807, 2.05) is 4.90 Å². The summed E-state index contributed by atoms with van der Waals surface area (Å²) in [5, 5.41) is 8.75. The molecule has 1 aliphatic heterocycles. The van der Waals surface area contributed by atoms with Crippen molar-refractivity contribution in [2.24, 2.45) is 0 Å². The first-order valence-corrected chi connectivity index (χ1v) is 4.88. The first-order chi connectivity index (χ1) is 6.63. The fourth-order valence-electron chi connectivity index (χ4n) is 1.89. The highest BCUT2D eigenvalue weighted by atomic mass is 16.4. The van der Waals surface area contributed by atoms with Gasteiger partial charge in [0.1, 0.15) is 0 Å². The quantitative estimate of drug-likeness (QED) is 0.644. The van der Waals surface area contributed by atoms with Crippen molar-refractivity contribution < 1.29 is 9.90 Å². The van der Waals surface area contributed by atoms with E-state index in [9.17, 15) is 4.79 Å². The van der Waals surface area contributed by atoms with Crippen LogP contribution in [0.3, 0.4) is 0 Å². The van der Waals surface area contributed by atoms with E-state index in [1.165, 1.54) is 0 Å². The molecule has 1 aliphatic rings. The molecule has 1 fully saturated rings. The van der Waals surface area contributed by atoms with Crippen molar-refractivity contribution in [1.82, 2.24) is 9.80 Å². The Bertz CT molecular complexity index is 218. The number of hydrogen-bond acceptors (Lipinski definition) is 3. The van der Waals surface area contributed by atoms with Crippen LogP contribution in [-0.4, -0.2) is 60.1 Å². The summed E-state index contributed by atoms with van der Waals surface area (Å²) in [7, 11) is 2.06. The molecule has 80 valence electrons. The maximum Gasteiger partial charge on any atom is 0.317 e. The van der Waals surface area contributed by atoms with Crippen molar-refractivity contribution in [3.63, 3.8) is 0 Å². The number of nitrogens with zero attached hydrogens (tertiary/aromatic N) is 2. The zero-order chi connectivity index (χ0) is 10.6. The van der Waals surface area contributed by atoms with Crippen molar-refractivity contribution in [3.8, 4) is 0 Å². The average Bonchev–Trinajstić information content (AvgIpc) is 2.50. The second-order valence-corrected chi connectivity index (χ2v) is 3.82. The van der Waals surface area contributed by atoms with E-state index in [1.54, 1.807) is 6.08 Å². The van der Waals surface area contributed by atoms with Crippen molar-refractivity contribution >= 4 is 5.97 Å². The first-order valence-electron chi connectivity index (χ1n) is 4.88. The molecule has 1 N–H and O–H groups in total. The highest BCUT2D eigenvalue weighted by Gasteiger charge is 2.25. The van der Waals surface area contributed by atoms with E-state index < -0.39 is 5.97 Å². The van der Waals surface area contributed by atoms with Crippen LogP contribution in [0.25, 0.3) is 0 Å². The molecule has 0 aliphatic carbocycles. The lowest BCUT2D eigenvalue weighted by Gasteiger charge is -2.25. The number of hydrogen-bond donors (Lipinski definition) is 1.